The average Bonchev–Trinajstić information content (AvgIpc) is 2.42. The fraction of sp³-hybridized carbons (Fsp3) is 0.583. The summed E-state index contributed by atoms with van der Waals surface area (Å²) in [6.07, 6.45) is 1.05. The predicted molar refractivity (Wildman–Crippen MR) is 64.1 cm³/mol. The zero-order chi connectivity index (χ0) is 11.4. The van der Waals surface area contributed by atoms with Crippen LogP contribution < -0.4 is 5.32 Å². The highest BCUT2D eigenvalue weighted by molar-refractivity contribution is 5.24. The van der Waals surface area contributed by atoms with Crippen LogP contribution in [0.15, 0.2) is 12.2 Å². The van der Waals surface area contributed by atoms with Crippen LogP contribution in [0.25, 0.3) is 0 Å². The van der Waals surface area contributed by atoms with Gasteiger partial charge in [-0.1, -0.05) is 13.5 Å². The summed E-state index contributed by atoms with van der Waals surface area (Å²) in [5.74, 6) is 0. The zero-order valence-corrected chi connectivity index (χ0v) is 10.2. The fourth-order valence-electron chi connectivity index (χ4n) is 1.92. The number of hydrogen-bond acceptors (Lipinski definition) is 2. The summed E-state index contributed by atoms with van der Waals surface area (Å²) in [5, 5.41) is 7.63. The number of aryl methyl sites for hydroxylation is 1. The molecule has 0 spiro atoms. The first-order chi connectivity index (χ1) is 7.10. The van der Waals surface area contributed by atoms with Gasteiger partial charge in [-0.05, 0) is 38.5 Å². The van der Waals surface area contributed by atoms with Gasteiger partial charge in [0.15, 0.2) is 0 Å². The molecular formula is C12H21N3. The van der Waals surface area contributed by atoms with E-state index in [0.717, 1.165) is 30.8 Å². The molecule has 0 atom stereocenters. The smallest absolute Gasteiger partial charge is 0.0632 e. The Balaban J connectivity index is 2.82. The summed E-state index contributed by atoms with van der Waals surface area (Å²) in [5.41, 5.74) is 4.94. The molecule has 1 aromatic heterocycles. The summed E-state index contributed by atoms with van der Waals surface area (Å²) in [6.45, 7) is 12.1. The van der Waals surface area contributed by atoms with Crippen molar-refractivity contribution in [2.24, 2.45) is 0 Å². The quantitative estimate of drug-likeness (QED) is 0.747. The second kappa shape index (κ2) is 5.12. The second-order valence-electron chi connectivity index (χ2n) is 3.94. The van der Waals surface area contributed by atoms with Crippen molar-refractivity contribution in [1.29, 1.82) is 0 Å². The van der Waals surface area contributed by atoms with Gasteiger partial charge >= 0.3 is 0 Å². The minimum absolute atomic E-state index is 0.813. The molecule has 1 N–H and O–H groups in total. The Labute approximate surface area is 92.2 Å². The van der Waals surface area contributed by atoms with Gasteiger partial charge in [-0.15, -0.1) is 0 Å². The van der Waals surface area contributed by atoms with Crippen LogP contribution in [0.4, 0.5) is 0 Å². The first kappa shape index (κ1) is 12.0. The SMILES string of the molecule is C=C(CNC)Cn1nc(C)c(CC)c1C. The van der Waals surface area contributed by atoms with Crippen molar-refractivity contribution < 1.29 is 0 Å². The summed E-state index contributed by atoms with van der Waals surface area (Å²) >= 11 is 0. The van der Waals surface area contributed by atoms with Gasteiger partial charge in [-0.2, -0.15) is 5.10 Å². The van der Waals surface area contributed by atoms with Crippen molar-refractivity contribution in [2.45, 2.75) is 33.7 Å². The molecular weight excluding hydrogens is 186 g/mol. The minimum Gasteiger partial charge on any atom is -0.316 e. The van der Waals surface area contributed by atoms with E-state index in [-0.39, 0.29) is 0 Å². The largest absolute Gasteiger partial charge is 0.316 e. The molecule has 1 aromatic rings. The molecule has 0 aliphatic rings. The Morgan fingerprint density at radius 3 is 2.60 bits per heavy atom. The molecule has 15 heavy (non-hydrogen) atoms. The Kier molecular flexibility index (Phi) is 4.09. The topological polar surface area (TPSA) is 29.9 Å². The van der Waals surface area contributed by atoms with E-state index >= 15 is 0 Å². The lowest BCUT2D eigenvalue weighted by atomic mass is 10.1. The van der Waals surface area contributed by atoms with Gasteiger partial charge in [-0.3, -0.25) is 4.68 Å². The van der Waals surface area contributed by atoms with Crippen molar-refractivity contribution in [3.8, 4) is 0 Å². The highest BCUT2D eigenvalue weighted by atomic mass is 15.3. The van der Waals surface area contributed by atoms with Crippen molar-refractivity contribution in [2.75, 3.05) is 13.6 Å². The van der Waals surface area contributed by atoms with E-state index in [1.54, 1.807) is 0 Å². The van der Waals surface area contributed by atoms with Gasteiger partial charge in [0, 0.05) is 12.2 Å². The maximum atomic E-state index is 4.53. The third kappa shape index (κ3) is 2.69. The van der Waals surface area contributed by atoms with Crippen molar-refractivity contribution >= 4 is 0 Å². The number of likely N-dealkylation sites (N-methyl/N-ethyl adjacent to an activating group) is 1. The Hall–Kier alpha value is -1.09. The van der Waals surface area contributed by atoms with Gasteiger partial charge in [0.25, 0.3) is 0 Å². The first-order valence-electron chi connectivity index (χ1n) is 5.44. The van der Waals surface area contributed by atoms with E-state index in [2.05, 4.69) is 37.8 Å². The third-order valence-electron chi connectivity index (χ3n) is 2.69. The van der Waals surface area contributed by atoms with Crippen LogP contribution in [-0.4, -0.2) is 23.4 Å². The zero-order valence-electron chi connectivity index (χ0n) is 10.2. The van der Waals surface area contributed by atoms with Crippen LogP contribution in [0.5, 0.6) is 0 Å². The Morgan fingerprint density at radius 2 is 2.13 bits per heavy atom. The average molecular weight is 207 g/mol. The number of rotatable bonds is 5. The van der Waals surface area contributed by atoms with Crippen molar-refractivity contribution in [3.05, 3.63) is 29.1 Å². The van der Waals surface area contributed by atoms with E-state index in [1.165, 1.54) is 11.3 Å². The van der Waals surface area contributed by atoms with Crippen molar-refractivity contribution in [3.63, 3.8) is 0 Å². The molecule has 1 rings (SSSR count). The number of hydrogen-bond donors (Lipinski definition) is 1. The highest BCUT2D eigenvalue weighted by Gasteiger charge is 2.09. The van der Waals surface area contributed by atoms with Gasteiger partial charge in [0.2, 0.25) is 0 Å². The summed E-state index contributed by atoms with van der Waals surface area (Å²) in [4.78, 5) is 0. The lowest BCUT2D eigenvalue weighted by molar-refractivity contribution is 0.633. The van der Waals surface area contributed by atoms with Gasteiger partial charge < -0.3 is 5.32 Å². The lowest BCUT2D eigenvalue weighted by Crippen LogP contribution is -2.15. The number of nitrogens with zero attached hydrogens (tertiary/aromatic N) is 2. The molecule has 0 unspecified atom stereocenters. The van der Waals surface area contributed by atoms with E-state index in [0.29, 0.717) is 0 Å². The molecule has 0 amide bonds. The van der Waals surface area contributed by atoms with Crippen LogP contribution in [-0.2, 0) is 13.0 Å². The van der Waals surface area contributed by atoms with Gasteiger partial charge in [-0.25, -0.2) is 0 Å². The van der Waals surface area contributed by atoms with Gasteiger partial charge in [0.05, 0.1) is 12.2 Å². The van der Waals surface area contributed by atoms with E-state index in [1.807, 2.05) is 11.7 Å². The molecule has 1 heterocycles. The maximum Gasteiger partial charge on any atom is 0.0632 e. The van der Waals surface area contributed by atoms with E-state index in [4.69, 9.17) is 0 Å². The van der Waals surface area contributed by atoms with Crippen LogP contribution in [0, 0.1) is 13.8 Å². The summed E-state index contributed by atoms with van der Waals surface area (Å²) < 4.78 is 2.05. The number of nitrogens with one attached hydrogen (secondary N) is 1. The minimum atomic E-state index is 0.813. The van der Waals surface area contributed by atoms with Crippen molar-refractivity contribution in [1.82, 2.24) is 15.1 Å². The van der Waals surface area contributed by atoms with Gasteiger partial charge in [0.1, 0.15) is 0 Å². The summed E-state index contributed by atoms with van der Waals surface area (Å²) in [7, 11) is 1.93. The van der Waals surface area contributed by atoms with E-state index < -0.39 is 0 Å². The highest BCUT2D eigenvalue weighted by Crippen LogP contribution is 2.14. The first-order valence-corrected chi connectivity index (χ1v) is 5.44. The molecule has 0 aliphatic heterocycles. The Bertz CT molecular complexity index is 350. The second-order valence-corrected chi connectivity index (χ2v) is 3.94. The molecule has 0 radical (unpaired) electrons. The fourth-order valence-corrected chi connectivity index (χ4v) is 1.92. The molecule has 0 fully saturated rings. The lowest BCUT2D eigenvalue weighted by Gasteiger charge is -2.07. The standard InChI is InChI=1S/C12H21N3/c1-6-12-10(3)14-15(11(12)4)8-9(2)7-13-5/h13H,2,6-8H2,1,3-5H3. The molecule has 0 aliphatic carbocycles. The molecule has 0 saturated carbocycles. The Morgan fingerprint density at radius 1 is 1.47 bits per heavy atom. The molecule has 0 aromatic carbocycles. The van der Waals surface area contributed by atoms with Crippen LogP contribution in [0.3, 0.4) is 0 Å². The molecule has 3 nitrogen and oxygen atoms in total. The van der Waals surface area contributed by atoms with Crippen LogP contribution in [0.2, 0.25) is 0 Å². The maximum absolute atomic E-state index is 4.53. The summed E-state index contributed by atoms with van der Waals surface area (Å²) in [6, 6.07) is 0. The monoisotopic (exact) mass is 207 g/mol. The van der Waals surface area contributed by atoms with Crippen LogP contribution in [0.1, 0.15) is 23.9 Å². The normalized spacial score (nSPS) is 10.7. The molecule has 3 heteroatoms. The predicted octanol–water partition coefficient (Wildman–Crippen LogP) is 1.84. The van der Waals surface area contributed by atoms with E-state index in [9.17, 15) is 0 Å². The third-order valence-corrected chi connectivity index (χ3v) is 2.69. The molecule has 0 saturated heterocycles. The number of aromatic nitrogens is 2. The molecule has 0 bridgehead atoms. The molecule has 84 valence electrons. The van der Waals surface area contributed by atoms with Crippen LogP contribution >= 0.6 is 0 Å².